The zero-order chi connectivity index (χ0) is 22.5. The Labute approximate surface area is 189 Å². The summed E-state index contributed by atoms with van der Waals surface area (Å²) in [6.45, 7) is 4.41. The Bertz CT molecular complexity index is 840. The highest BCUT2D eigenvalue weighted by Crippen LogP contribution is 2.17. The highest BCUT2D eigenvalue weighted by Gasteiger charge is 2.10. The van der Waals surface area contributed by atoms with Gasteiger partial charge in [0.15, 0.2) is 5.11 Å². The van der Waals surface area contributed by atoms with Crippen molar-refractivity contribution in [1.82, 2.24) is 5.32 Å². The number of benzene rings is 2. The van der Waals surface area contributed by atoms with Gasteiger partial charge in [-0.05, 0) is 68.2 Å². The summed E-state index contributed by atoms with van der Waals surface area (Å²) < 4.78 is 10.9. The average molecular weight is 443 g/mol. The standard InChI is InChI=1S/C24H30N2O4S/c1-3-18(2)30-21-13-11-20(12-14-21)25-24(31)26-22(27)15-16-23(28)29-17-7-10-19-8-5-4-6-9-19/h4-6,8-9,11-14,18H,3,7,10,15-17H2,1-2H3,(H2,25,26,27,31). The van der Waals surface area contributed by atoms with Crippen LogP contribution in [0.4, 0.5) is 5.69 Å². The van der Waals surface area contributed by atoms with Crippen LogP contribution in [0.25, 0.3) is 0 Å². The van der Waals surface area contributed by atoms with Crippen molar-refractivity contribution < 1.29 is 19.1 Å². The second kappa shape index (κ2) is 13.4. The summed E-state index contributed by atoms with van der Waals surface area (Å²) >= 11 is 5.16. The number of amides is 1. The molecule has 0 aliphatic carbocycles. The number of hydrogen-bond acceptors (Lipinski definition) is 5. The molecule has 166 valence electrons. The third-order valence-corrected chi connectivity index (χ3v) is 4.75. The minimum atomic E-state index is -0.390. The van der Waals surface area contributed by atoms with Gasteiger partial charge in [-0.15, -0.1) is 0 Å². The Morgan fingerprint density at radius 2 is 1.74 bits per heavy atom. The summed E-state index contributed by atoms with van der Waals surface area (Å²) in [5, 5.41) is 5.69. The molecule has 1 amide bonds. The van der Waals surface area contributed by atoms with E-state index in [1.807, 2.05) is 61.5 Å². The normalized spacial score (nSPS) is 11.3. The van der Waals surface area contributed by atoms with Crippen molar-refractivity contribution in [2.24, 2.45) is 0 Å². The maximum Gasteiger partial charge on any atom is 0.306 e. The fourth-order valence-corrected chi connectivity index (χ4v) is 2.91. The summed E-state index contributed by atoms with van der Waals surface area (Å²) in [6, 6.07) is 17.3. The molecule has 7 heteroatoms. The van der Waals surface area contributed by atoms with Gasteiger partial charge in [-0.2, -0.15) is 0 Å². The Morgan fingerprint density at radius 1 is 1.03 bits per heavy atom. The number of hydrogen-bond donors (Lipinski definition) is 2. The first-order valence-electron chi connectivity index (χ1n) is 10.5. The van der Waals surface area contributed by atoms with Crippen molar-refractivity contribution in [2.45, 2.75) is 52.1 Å². The van der Waals surface area contributed by atoms with Crippen LogP contribution in [-0.4, -0.2) is 29.7 Å². The molecule has 2 aromatic carbocycles. The van der Waals surface area contributed by atoms with E-state index < -0.39 is 0 Å². The van der Waals surface area contributed by atoms with Gasteiger partial charge in [-0.1, -0.05) is 37.3 Å². The molecule has 0 aliphatic rings. The average Bonchev–Trinajstić information content (AvgIpc) is 2.77. The van der Waals surface area contributed by atoms with Crippen LogP contribution in [0.15, 0.2) is 54.6 Å². The molecule has 2 aromatic rings. The van der Waals surface area contributed by atoms with E-state index in [0.717, 1.165) is 30.7 Å². The van der Waals surface area contributed by atoms with Gasteiger partial charge >= 0.3 is 5.97 Å². The molecule has 0 bridgehead atoms. The number of carbonyl (C=O) groups excluding carboxylic acids is 2. The summed E-state index contributed by atoms with van der Waals surface area (Å²) in [6.07, 6.45) is 2.70. The lowest BCUT2D eigenvalue weighted by atomic mass is 10.1. The van der Waals surface area contributed by atoms with E-state index in [2.05, 4.69) is 17.6 Å². The zero-order valence-electron chi connectivity index (χ0n) is 18.1. The number of rotatable bonds is 11. The molecule has 0 saturated heterocycles. The smallest absolute Gasteiger partial charge is 0.306 e. The predicted molar refractivity (Wildman–Crippen MR) is 126 cm³/mol. The third-order valence-electron chi connectivity index (χ3n) is 4.55. The van der Waals surface area contributed by atoms with E-state index in [-0.39, 0.29) is 35.9 Å². The van der Waals surface area contributed by atoms with Gasteiger partial charge in [0.05, 0.1) is 19.1 Å². The fraction of sp³-hybridized carbons (Fsp3) is 0.375. The topological polar surface area (TPSA) is 76.7 Å². The first kappa shape index (κ1) is 24.3. The SMILES string of the molecule is CCC(C)Oc1ccc(NC(=S)NC(=O)CCC(=O)OCCCc2ccccc2)cc1. The Hall–Kier alpha value is -2.93. The van der Waals surface area contributed by atoms with Gasteiger partial charge in [0.25, 0.3) is 0 Å². The quantitative estimate of drug-likeness (QED) is 0.300. The Balaban J connectivity index is 1.60. The Kier molecular flexibility index (Phi) is 10.5. The highest BCUT2D eigenvalue weighted by atomic mass is 32.1. The molecule has 1 unspecified atom stereocenters. The molecule has 0 aromatic heterocycles. The Morgan fingerprint density at radius 3 is 2.42 bits per heavy atom. The van der Waals surface area contributed by atoms with Crippen LogP contribution in [0.1, 0.15) is 45.1 Å². The number of anilines is 1. The maximum atomic E-state index is 12.0. The number of thiocarbonyl (C=S) groups is 1. The number of esters is 1. The third kappa shape index (κ3) is 10.1. The van der Waals surface area contributed by atoms with Crippen LogP contribution in [0.5, 0.6) is 5.75 Å². The summed E-state index contributed by atoms with van der Waals surface area (Å²) in [5.74, 6) is 0.0478. The molecule has 0 heterocycles. The van der Waals surface area contributed by atoms with Crippen molar-refractivity contribution in [3.8, 4) is 5.75 Å². The minimum Gasteiger partial charge on any atom is -0.491 e. The number of carbonyl (C=O) groups is 2. The van der Waals surface area contributed by atoms with Gasteiger partial charge in [0, 0.05) is 12.1 Å². The molecule has 2 rings (SSSR count). The molecular weight excluding hydrogens is 412 g/mol. The number of nitrogens with one attached hydrogen (secondary N) is 2. The zero-order valence-corrected chi connectivity index (χ0v) is 18.9. The van der Waals surface area contributed by atoms with Gasteiger partial charge in [0.2, 0.25) is 5.91 Å². The van der Waals surface area contributed by atoms with Crippen LogP contribution in [0, 0.1) is 0 Å². The molecule has 31 heavy (non-hydrogen) atoms. The lowest BCUT2D eigenvalue weighted by Crippen LogP contribution is -2.34. The monoisotopic (exact) mass is 442 g/mol. The molecule has 6 nitrogen and oxygen atoms in total. The van der Waals surface area contributed by atoms with Crippen LogP contribution < -0.4 is 15.4 Å². The van der Waals surface area contributed by atoms with Crippen molar-refractivity contribution in [1.29, 1.82) is 0 Å². The number of aryl methyl sites for hydroxylation is 1. The summed E-state index contributed by atoms with van der Waals surface area (Å²) in [5.41, 5.74) is 1.94. The predicted octanol–water partition coefficient (Wildman–Crippen LogP) is 4.63. The highest BCUT2D eigenvalue weighted by molar-refractivity contribution is 7.80. The largest absolute Gasteiger partial charge is 0.491 e. The van der Waals surface area contributed by atoms with Gasteiger partial charge in [-0.25, -0.2) is 0 Å². The van der Waals surface area contributed by atoms with Gasteiger partial charge < -0.3 is 20.1 Å². The molecule has 2 N–H and O–H groups in total. The van der Waals surface area contributed by atoms with Crippen molar-refractivity contribution in [2.75, 3.05) is 11.9 Å². The molecule has 0 spiro atoms. The second-order valence-electron chi connectivity index (χ2n) is 7.17. The van der Waals surface area contributed by atoms with Crippen molar-refractivity contribution >= 4 is 34.9 Å². The van der Waals surface area contributed by atoms with E-state index >= 15 is 0 Å². The molecule has 0 saturated carbocycles. The summed E-state index contributed by atoms with van der Waals surface area (Å²) in [7, 11) is 0. The van der Waals surface area contributed by atoms with E-state index in [9.17, 15) is 9.59 Å². The molecule has 0 radical (unpaired) electrons. The number of ether oxygens (including phenoxy) is 2. The van der Waals surface area contributed by atoms with E-state index in [1.54, 1.807) is 0 Å². The van der Waals surface area contributed by atoms with E-state index in [1.165, 1.54) is 5.56 Å². The maximum absolute atomic E-state index is 12.0. The van der Waals surface area contributed by atoms with Crippen LogP contribution in [0.3, 0.4) is 0 Å². The molecule has 0 fully saturated rings. The van der Waals surface area contributed by atoms with E-state index in [0.29, 0.717) is 6.61 Å². The van der Waals surface area contributed by atoms with Crippen molar-refractivity contribution in [3.63, 3.8) is 0 Å². The fourth-order valence-electron chi connectivity index (χ4n) is 2.68. The molecular formula is C24H30N2O4S. The lowest BCUT2D eigenvalue weighted by molar-refractivity contribution is -0.145. The lowest BCUT2D eigenvalue weighted by Gasteiger charge is -2.13. The minimum absolute atomic E-state index is 0.0149. The first-order chi connectivity index (χ1) is 15.0. The van der Waals surface area contributed by atoms with Gasteiger partial charge in [0.1, 0.15) is 5.75 Å². The van der Waals surface area contributed by atoms with Crippen molar-refractivity contribution in [3.05, 3.63) is 60.2 Å². The van der Waals surface area contributed by atoms with Crippen LogP contribution in [-0.2, 0) is 20.7 Å². The summed E-state index contributed by atoms with van der Waals surface area (Å²) in [4.78, 5) is 23.8. The van der Waals surface area contributed by atoms with E-state index in [4.69, 9.17) is 21.7 Å². The first-order valence-corrected chi connectivity index (χ1v) is 10.9. The second-order valence-corrected chi connectivity index (χ2v) is 7.58. The van der Waals surface area contributed by atoms with Crippen LogP contribution >= 0.6 is 12.2 Å². The van der Waals surface area contributed by atoms with Gasteiger partial charge in [-0.3, -0.25) is 9.59 Å². The van der Waals surface area contributed by atoms with Crippen LogP contribution in [0.2, 0.25) is 0 Å². The molecule has 0 aliphatic heterocycles. The molecule has 1 atom stereocenters.